The highest BCUT2D eigenvalue weighted by molar-refractivity contribution is 6.33. The summed E-state index contributed by atoms with van der Waals surface area (Å²) >= 11 is 6.01. The van der Waals surface area contributed by atoms with Gasteiger partial charge in [-0.2, -0.15) is 0 Å². The lowest BCUT2D eigenvalue weighted by molar-refractivity contribution is 0.631. The second kappa shape index (κ2) is 5.25. The number of nitrogens with one attached hydrogen (secondary N) is 1. The Morgan fingerprint density at radius 3 is 2.88 bits per heavy atom. The number of halogens is 2. The van der Waals surface area contributed by atoms with Crippen LogP contribution in [0.3, 0.4) is 0 Å². The van der Waals surface area contributed by atoms with Gasteiger partial charge in [0.1, 0.15) is 5.82 Å². The van der Waals surface area contributed by atoms with Gasteiger partial charge in [-0.15, -0.1) is 0 Å². The number of pyridine rings is 1. The smallest absolute Gasteiger partial charge is 0.132 e. The maximum Gasteiger partial charge on any atom is 0.132 e. The Kier molecular flexibility index (Phi) is 3.71. The van der Waals surface area contributed by atoms with Gasteiger partial charge in [0.05, 0.1) is 5.02 Å². The maximum absolute atomic E-state index is 13.7. The van der Waals surface area contributed by atoms with Crippen LogP contribution in [0.4, 0.5) is 4.39 Å². The first-order valence-electron chi connectivity index (χ1n) is 5.25. The van der Waals surface area contributed by atoms with Crippen molar-refractivity contribution in [2.24, 2.45) is 0 Å². The highest BCUT2D eigenvalue weighted by Crippen LogP contribution is 2.30. The maximum atomic E-state index is 13.7. The second-order valence-electron chi connectivity index (χ2n) is 3.71. The molecule has 0 aliphatic heterocycles. The molecule has 2 rings (SSSR count). The normalized spacial score (nSPS) is 10.5. The molecule has 1 aromatic carbocycles. The molecule has 4 heteroatoms. The minimum absolute atomic E-state index is 0.332. The van der Waals surface area contributed by atoms with E-state index in [1.165, 1.54) is 6.07 Å². The summed E-state index contributed by atoms with van der Waals surface area (Å²) in [5.41, 5.74) is 2.09. The van der Waals surface area contributed by atoms with Crippen LogP contribution in [-0.4, -0.2) is 12.0 Å². The van der Waals surface area contributed by atoms with Crippen molar-refractivity contribution < 1.29 is 4.39 Å². The van der Waals surface area contributed by atoms with Crippen LogP contribution in [-0.2, 0) is 6.54 Å². The molecule has 0 bridgehead atoms. The van der Waals surface area contributed by atoms with Crippen LogP contribution in [0.25, 0.3) is 11.1 Å². The van der Waals surface area contributed by atoms with Crippen LogP contribution in [0.5, 0.6) is 0 Å². The molecule has 0 amide bonds. The molecule has 88 valence electrons. The van der Waals surface area contributed by atoms with Crippen LogP contribution in [0.2, 0.25) is 5.02 Å². The monoisotopic (exact) mass is 250 g/mol. The van der Waals surface area contributed by atoms with Crippen molar-refractivity contribution in [3.05, 3.63) is 53.1 Å². The molecule has 1 N–H and O–H groups in total. The van der Waals surface area contributed by atoms with Gasteiger partial charge in [0, 0.05) is 30.1 Å². The third-order valence-corrected chi connectivity index (χ3v) is 2.74. The number of nitrogens with zero attached hydrogens (tertiary/aromatic N) is 1. The van der Waals surface area contributed by atoms with Crippen LogP contribution in [0.1, 0.15) is 5.56 Å². The summed E-state index contributed by atoms with van der Waals surface area (Å²) in [6.45, 7) is 0.687. The minimum Gasteiger partial charge on any atom is -0.316 e. The molecular formula is C13H12ClFN2. The quantitative estimate of drug-likeness (QED) is 0.905. The fourth-order valence-corrected chi connectivity index (χ4v) is 1.97. The van der Waals surface area contributed by atoms with Gasteiger partial charge in [-0.1, -0.05) is 17.7 Å². The van der Waals surface area contributed by atoms with Crippen LogP contribution >= 0.6 is 11.6 Å². The van der Waals surface area contributed by atoms with E-state index in [1.807, 2.05) is 13.1 Å². The third kappa shape index (κ3) is 2.62. The molecule has 0 unspecified atom stereocenters. The number of aromatic nitrogens is 1. The average Bonchev–Trinajstić information content (AvgIpc) is 2.30. The van der Waals surface area contributed by atoms with E-state index in [9.17, 15) is 4.39 Å². The summed E-state index contributed by atoms with van der Waals surface area (Å²) in [5.74, 6) is -0.332. The molecule has 0 saturated carbocycles. The third-order valence-electron chi connectivity index (χ3n) is 2.43. The molecule has 2 nitrogen and oxygen atoms in total. The van der Waals surface area contributed by atoms with E-state index in [2.05, 4.69) is 10.3 Å². The Labute approximate surface area is 104 Å². The fraction of sp³-hybridized carbons (Fsp3) is 0.154. The van der Waals surface area contributed by atoms with Crippen molar-refractivity contribution in [1.29, 1.82) is 0 Å². The molecule has 1 heterocycles. The van der Waals surface area contributed by atoms with E-state index < -0.39 is 0 Å². The van der Waals surface area contributed by atoms with Crippen molar-refractivity contribution in [1.82, 2.24) is 10.3 Å². The van der Waals surface area contributed by atoms with Crippen LogP contribution < -0.4 is 5.32 Å². The van der Waals surface area contributed by atoms with Gasteiger partial charge in [0.2, 0.25) is 0 Å². The molecule has 2 aromatic rings. The molecule has 0 fully saturated rings. The Hall–Kier alpha value is -1.45. The molecule has 0 saturated heterocycles. The van der Waals surface area contributed by atoms with Gasteiger partial charge in [-0.3, -0.25) is 4.98 Å². The van der Waals surface area contributed by atoms with Gasteiger partial charge in [0.15, 0.2) is 0 Å². The Bertz CT molecular complexity index is 508. The number of rotatable bonds is 3. The molecule has 0 radical (unpaired) electrons. The van der Waals surface area contributed by atoms with Crippen LogP contribution in [0.15, 0.2) is 36.7 Å². The number of hydrogen-bond acceptors (Lipinski definition) is 2. The lowest BCUT2D eigenvalue weighted by atomic mass is 10.1. The Morgan fingerprint density at radius 2 is 2.18 bits per heavy atom. The second-order valence-corrected chi connectivity index (χ2v) is 4.12. The number of benzene rings is 1. The van der Waals surface area contributed by atoms with Crippen molar-refractivity contribution in [2.75, 3.05) is 7.05 Å². The molecule has 0 atom stereocenters. The van der Waals surface area contributed by atoms with E-state index in [-0.39, 0.29) is 5.82 Å². The molecule has 1 aromatic heterocycles. The van der Waals surface area contributed by atoms with Gasteiger partial charge in [0.25, 0.3) is 0 Å². The first-order chi connectivity index (χ1) is 8.22. The largest absolute Gasteiger partial charge is 0.316 e. The summed E-state index contributed by atoms with van der Waals surface area (Å²) in [6, 6.07) is 6.54. The summed E-state index contributed by atoms with van der Waals surface area (Å²) in [4.78, 5) is 4.10. The molecule has 17 heavy (non-hydrogen) atoms. The lowest BCUT2D eigenvalue weighted by Crippen LogP contribution is -2.05. The fourth-order valence-electron chi connectivity index (χ4n) is 1.70. The summed E-state index contributed by atoms with van der Waals surface area (Å²) in [7, 11) is 1.85. The van der Waals surface area contributed by atoms with Gasteiger partial charge in [-0.25, -0.2) is 4.39 Å². The summed E-state index contributed by atoms with van der Waals surface area (Å²) in [5, 5.41) is 3.42. The number of hydrogen-bond donors (Lipinski definition) is 1. The highest BCUT2D eigenvalue weighted by atomic mass is 35.5. The van der Waals surface area contributed by atoms with Crippen molar-refractivity contribution in [3.63, 3.8) is 0 Å². The predicted molar refractivity (Wildman–Crippen MR) is 67.4 cm³/mol. The van der Waals surface area contributed by atoms with Crippen molar-refractivity contribution >= 4 is 11.6 Å². The van der Waals surface area contributed by atoms with E-state index >= 15 is 0 Å². The van der Waals surface area contributed by atoms with Crippen molar-refractivity contribution in [3.8, 4) is 11.1 Å². The predicted octanol–water partition coefficient (Wildman–Crippen LogP) is 3.26. The zero-order chi connectivity index (χ0) is 12.3. The first kappa shape index (κ1) is 12.0. The van der Waals surface area contributed by atoms with E-state index in [0.29, 0.717) is 22.7 Å². The van der Waals surface area contributed by atoms with E-state index in [1.54, 1.807) is 24.5 Å². The van der Waals surface area contributed by atoms with Gasteiger partial charge < -0.3 is 5.32 Å². The SMILES string of the molecule is CNCc1cncc(-c2c(F)cccc2Cl)c1. The minimum atomic E-state index is -0.332. The highest BCUT2D eigenvalue weighted by Gasteiger charge is 2.10. The lowest BCUT2D eigenvalue weighted by Gasteiger charge is -2.07. The van der Waals surface area contributed by atoms with Crippen molar-refractivity contribution in [2.45, 2.75) is 6.54 Å². The Balaban J connectivity index is 2.49. The first-order valence-corrected chi connectivity index (χ1v) is 5.63. The molecular weight excluding hydrogens is 239 g/mol. The molecule has 0 spiro atoms. The van der Waals surface area contributed by atoms with Gasteiger partial charge in [-0.05, 0) is 30.8 Å². The van der Waals surface area contributed by atoms with Crippen LogP contribution in [0, 0.1) is 5.82 Å². The standard InChI is InChI=1S/C13H12ClFN2/c1-16-6-9-5-10(8-17-7-9)13-11(14)3-2-4-12(13)15/h2-5,7-8,16H,6H2,1H3. The summed E-state index contributed by atoms with van der Waals surface area (Å²) in [6.07, 6.45) is 3.36. The zero-order valence-electron chi connectivity index (χ0n) is 9.37. The Morgan fingerprint density at radius 1 is 1.35 bits per heavy atom. The topological polar surface area (TPSA) is 24.9 Å². The van der Waals surface area contributed by atoms with Gasteiger partial charge >= 0.3 is 0 Å². The van der Waals surface area contributed by atoms with E-state index in [0.717, 1.165) is 5.56 Å². The average molecular weight is 251 g/mol. The zero-order valence-corrected chi connectivity index (χ0v) is 10.1. The van der Waals surface area contributed by atoms with E-state index in [4.69, 9.17) is 11.6 Å². The summed E-state index contributed by atoms with van der Waals surface area (Å²) < 4.78 is 13.7. The molecule has 0 aliphatic rings. The molecule has 0 aliphatic carbocycles.